The summed E-state index contributed by atoms with van der Waals surface area (Å²) in [5.41, 5.74) is -4.72. The zero-order valence-corrected chi connectivity index (χ0v) is 34.2. The number of aliphatic hydroxyl groups excluding tert-OH is 4. The molecule has 5 fully saturated rings. The summed E-state index contributed by atoms with van der Waals surface area (Å²) in [7, 11) is 0. The molecule has 9 rings (SSSR count). The lowest BCUT2D eigenvalue weighted by Crippen LogP contribution is -2.70. The number of hydrogen-bond acceptors (Lipinski definition) is 12. The molecular formula is C45H65NO11. The topological polar surface area (TPSA) is 209 Å². The van der Waals surface area contributed by atoms with Crippen LogP contribution in [0.3, 0.4) is 0 Å². The highest BCUT2D eigenvalue weighted by molar-refractivity contribution is 5.96. The van der Waals surface area contributed by atoms with Crippen LogP contribution in [0.25, 0.3) is 0 Å². The van der Waals surface area contributed by atoms with Crippen molar-refractivity contribution in [3.05, 3.63) is 47.1 Å². The predicted octanol–water partition coefficient (Wildman–Crippen LogP) is 3.23. The van der Waals surface area contributed by atoms with E-state index in [1.165, 1.54) is 12.1 Å². The van der Waals surface area contributed by atoms with E-state index in [-0.39, 0.29) is 73.1 Å². The molecule has 0 amide bonds. The number of nitrogens with one attached hydrogen (secondary N) is 1. The average Bonchev–Trinajstić information content (AvgIpc) is 3.51. The first-order valence-corrected chi connectivity index (χ1v) is 21.4. The van der Waals surface area contributed by atoms with Gasteiger partial charge in [0.25, 0.3) is 0 Å². The number of fused-ring (bicyclic) bond motifs is 9. The standard InChI is InChI=1S/C45H65NO11/c1-6-46-23-26-20-40(3)12-10-27(26)45(39(53)24(40)2)43(54,14-16-48)38-34(57-45)22-44(55)29-19-32(51)36-35(25-8-9-30(49)31(50)18-25)37(52)33(56-17-7-15-47)21-41(36,4)28(29)11-13-42(38,44)5/h8-9,18-20,24,27-28,33-39,46-50,52-55H,6-7,10-17,21-23H2,1-5H3. The first-order valence-electron chi connectivity index (χ1n) is 21.4. The number of ketones is 1. The van der Waals surface area contributed by atoms with Crippen LogP contribution in [-0.2, 0) is 14.3 Å². The molecule has 1 aromatic rings. The van der Waals surface area contributed by atoms with Gasteiger partial charge in [0.15, 0.2) is 17.3 Å². The number of rotatable bonds is 10. The number of aliphatic hydroxyl groups is 6. The van der Waals surface area contributed by atoms with E-state index in [0.717, 1.165) is 18.5 Å². The lowest BCUT2D eigenvalue weighted by atomic mass is 9.43. The fourth-order valence-electron chi connectivity index (χ4n) is 14.4. The van der Waals surface area contributed by atoms with Crippen LogP contribution in [-0.4, -0.2) is 121 Å². The number of ether oxygens (including phenoxy) is 2. The highest BCUT2D eigenvalue weighted by Crippen LogP contribution is 2.75. The highest BCUT2D eigenvalue weighted by Gasteiger charge is 2.82. The summed E-state index contributed by atoms with van der Waals surface area (Å²) in [4.78, 5) is 14.8. The van der Waals surface area contributed by atoms with Crippen LogP contribution >= 0.6 is 0 Å². The van der Waals surface area contributed by atoms with Crippen LogP contribution in [0.1, 0.15) is 97.5 Å². The molecule has 12 nitrogen and oxygen atoms in total. The molecule has 1 aromatic carbocycles. The second-order valence-corrected chi connectivity index (χ2v) is 19.7. The zero-order chi connectivity index (χ0) is 41.1. The summed E-state index contributed by atoms with van der Waals surface area (Å²) in [6.07, 6.45) is 3.54. The molecule has 1 aliphatic heterocycles. The van der Waals surface area contributed by atoms with Gasteiger partial charge in [0.05, 0.1) is 30.0 Å². The summed E-state index contributed by atoms with van der Waals surface area (Å²) < 4.78 is 13.6. The van der Waals surface area contributed by atoms with Crippen LogP contribution in [0.4, 0.5) is 0 Å². The molecule has 16 unspecified atom stereocenters. The van der Waals surface area contributed by atoms with Crippen LogP contribution in [0.15, 0.2) is 41.5 Å². The van der Waals surface area contributed by atoms with E-state index in [9.17, 15) is 45.6 Å². The van der Waals surface area contributed by atoms with Crippen LogP contribution in [0.5, 0.6) is 11.5 Å². The van der Waals surface area contributed by atoms with Gasteiger partial charge in [-0.15, -0.1) is 0 Å². The van der Waals surface area contributed by atoms with Crippen molar-refractivity contribution in [1.82, 2.24) is 5.32 Å². The molecule has 16 atom stereocenters. The molecule has 8 aliphatic rings. The summed E-state index contributed by atoms with van der Waals surface area (Å²) in [5, 5.41) is 96.0. The fraction of sp³-hybridized carbons (Fsp3) is 0.756. The van der Waals surface area contributed by atoms with Crippen LogP contribution in [0.2, 0.25) is 0 Å². The first-order chi connectivity index (χ1) is 26.9. The van der Waals surface area contributed by atoms with Crippen molar-refractivity contribution in [2.45, 2.75) is 133 Å². The third-order valence-corrected chi connectivity index (χ3v) is 17.2. The smallest absolute Gasteiger partial charge is 0.160 e. The van der Waals surface area contributed by atoms with Gasteiger partial charge in [0.2, 0.25) is 0 Å². The summed E-state index contributed by atoms with van der Waals surface area (Å²) in [5.74, 6) is -4.07. The molecule has 9 N–H and O–H groups in total. The average molecular weight is 796 g/mol. The SMILES string of the molecule is CCNCC1=CC2(C)CCC1C1(OC3CC4(O)C5=CC(=O)C6C(c7ccc(O)c(O)c7)C(O)C(OCCCO)CC6(C)C5CCC4(C)C3C1(O)CCO)C(O)C2C. The highest BCUT2D eigenvalue weighted by atomic mass is 16.6. The summed E-state index contributed by atoms with van der Waals surface area (Å²) in [6, 6.07) is 4.35. The maximum atomic E-state index is 14.8. The van der Waals surface area contributed by atoms with E-state index >= 15 is 0 Å². The minimum atomic E-state index is -1.73. The number of likely N-dealkylation sites (N-methyl/N-ethyl adjacent to an activating group) is 1. The molecule has 0 aromatic heterocycles. The second kappa shape index (κ2) is 14.1. The zero-order valence-electron chi connectivity index (χ0n) is 34.2. The molecule has 12 heteroatoms. The molecule has 2 bridgehead atoms. The largest absolute Gasteiger partial charge is 0.504 e. The van der Waals surface area contributed by atoms with Crippen molar-refractivity contribution in [1.29, 1.82) is 0 Å². The van der Waals surface area contributed by atoms with Crippen molar-refractivity contribution in [2.75, 3.05) is 32.9 Å². The molecule has 1 saturated heterocycles. The number of phenolic OH excluding ortho intramolecular Hbond substituents is 2. The van der Waals surface area contributed by atoms with E-state index in [2.05, 4.69) is 18.3 Å². The van der Waals surface area contributed by atoms with Crippen LogP contribution < -0.4 is 5.32 Å². The summed E-state index contributed by atoms with van der Waals surface area (Å²) in [6.45, 7) is 11.4. The van der Waals surface area contributed by atoms with E-state index < -0.39 is 69.8 Å². The Morgan fingerprint density at radius 3 is 2.40 bits per heavy atom. The van der Waals surface area contributed by atoms with Gasteiger partial charge in [0, 0.05) is 68.3 Å². The number of hydrogen-bond donors (Lipinski definition) is 9. The maximum absolute atomic E-state index is 14.8. The van der Waals surface area contributed by atoms with E-state index in [4.69, 9.17) is 9.47 Å². The number of carbonyl (C=O) groups excluding carboxylic acids is 1. The maximum Gasteiger partial charge on any atom is 0.160 e. The van der Waals surface area contributed by atoms with Gasteiger partial charge in [-0.1, -0.05) is 52.3 Å². The third kappa shape index (κ3) is 5.47. The normalized spacial score (nSPS) is 48.5. The van der Waals surface area contributed by atoms with Gasteiger partial charge >= 0.3 is 0 Å². The van der Waals surface area contributed by atoms with Gasteiger partial charge in [-0.25, -0.2) is 0 Å². The van der Waals surface area contributed by atoms with Crippen molar-refractivity contribution in [3.8, 4) is 11.5 Å². The molecule has 57 heavy (non-hydrogen) atoms. The number of aromatic hydroxyl groups is 2. The molecule has 4 saturated carbocycles. The minimum Gasteiger partial charge on any atom is -0.504 e. The van der Waals surface area contributed by atoms with Gasteiger partial charge in [0.1, 0.15) is 11.2 Å². The number of carbonyl (C=O) groups is 1. The number of allylic oxidation sites excluding steroid dienone is 2. The van der Waals surface area contributed by atoms with Gasteiger partial charge in [-0.05, 0) is 97.1 Å². The Hall–Kier alpha value is -2.39. The molecule has 316 valence electrons. The van der Waals surface area contributed by atoms with Gasteiger partial charge < -0.3 is 55.6 Å². The summed E-state index contributed by atoms with van der Waals surface area (Å²) >= 11 is 0. The third-order valence-electron chi connectivity index (χ3n) is 17.2. The van der Waals surface area contributed by atoms with E-state index in [1.807, 2.05) is 27.7 Å². The van der Waals surface area contributed by atoms with E-state index in [1.54, 1.807) is 12.1 Å². The lowest BCUT2D eigenvalue weighted by Gasteiger charge is -2.63. The molecule has 1 spiro atoms. The number of phenols is 2. The quantitative estimate of drug-likeness (QED) is 0.0951. The van der Waals surface area contributed by atoms with Crippen molar-refractivity contribution < 1.29 is 55.1 Å². The molecular weight excluding hydrogens is 730 g/mol. The molecule has 7 aliphatic carbocycles. The Balaban J connectivity index is 1.22. The Kier molecular flexibility index (Phi) is 10.2. The molecule has 1 heterocycles. The Morgan fingerprint density at radius 1 is 0.982 bits per heavy atom. The van der Waals surface area contributed by atoms with Crippen molar-refractivity contribution in [2.24, 2.45) is 45.8 Å². The van der Waals surface area contributed by atoms with Gasteiger partial charge in [-0.3, -0.25) is 4.79 Å². The lowest BCUT2D eigenvalue weighted by molar-refractivity contribution is -0.246. The predicted molar refractivity (Wildman–Crippen MR) is 210 cm³/mol. The van der Waals surface area contributed by atoms with E-state index in [0.29, 0.717) is 49.8 Å². The minimum absolute atomic E-state index is 0.0432. The molecule has 0 radical (unpaired) electrons. The van der Waals surface area contributed by atoms with Crippen molar-refractivity contribution in [3.63, 3.8) is 0 Å². The van der Waals surface area contributed by atoms with Gasteiger partial charge in [-0.2, -0.15) is 0 Å². The van der Waals surface area contributed by atoms with Crippen LogP contribution in [0, 0.1) is 45.8 Å². The Bertz CT molecular complexity index is 1820. The monoisotopic (exact) mass is 795 g/mol. The van der Waals surface area contributed by atoms with Crippen molar-refractivity contribution >= 4 is 5.78 Å². The number of benzene rings is 1. The first kappa shape index (κ1) is 41.3. The Labute approximate surface area is 336 Å². The second-order valence-electron chi connectivity index (χ2n) is 19.7. The Morgan fingerprint density at radius 2 is 1.72 bits per heavy atom. The fourth-order valence-corrected chi connectivity index (χ4v) is 14.4.